The Balaban J connectivity index is 0.000000172. The van der Waals surface area contributed by atoms with E-state index < -0.39 is 59.8 Å². The number of amides is 2. The van der Waals surface area contributed by atoms with Crippen molar-refractivity contribution in [2.45, 2.75) is 89.6 Å². The molecular formula is C42H52N4O10. The molecular weight excluding hydrogens is 720 g/mol. The lowest BCUT2D eigenvalue weighted by Gasteiger charge is -2.38. The number of fused-ring (bicyclic) bond motifs is 8. The van der Waals surface area contributed by atoms with Crippen LogP contribution in [0.4, 0.5) is 0 Å². The molecule has 300 valence electrons. The molecule has 2 saturated carbocycles. The first kappa shape index (κ1) is 39.4. The lowest BCUT2D eigenvalue weighted by atomic mass is 9.87. The van der Waals surface area contributed by atoms with E-state index >= 15 is 0 Å². The number of carbonyl (C=O) groups is 4. The average Bonchev–Trinajstić information content (AvgIpc) is 4.14. The van der Waals surface area contributed by atoms with Gasteiger partial charge in [-0.15, -0.1) is 0 Å². The second-order valence-electron chi connectivity index (χ2n) is 16.0. The number of carbonyl (C=O) groups excluding carboxylic acids is 4. The Hall–Kier alpha value is -4.82. The van der Waals surface area contributed by atoms with Crippen LogP contribution in [0.1, 0.15) is 87.0 Å². The Labute approximate surface area is 325 Å². The molecule has 2 aromatic rings. The van der Waals surface area contributed by atoms with Crippen molar-refractivity contribution in [3.63, 3.8) is 0 Å². The van der Waals surface area contributed by atoms with E-state index in [0.29, 0.717) is 47.2 Å². The summed E-state index contributed by atoms with van der Waals surface area (Å²) >= 11 is 0. The molecule has 2 N–H and O–H groups in total. The number of nitrogens with zero attached hydrogens (tertiary/aromatic N) is 4. The molecule has 0 radical (unpaired) electrons. The number of pyridine rings is 2. The number of hydrogen-bond donors (Lipinski definition) is 2. The fourth-order valence-corrected chi connectivity index (χ4v) is 9.70. The Morgan fingerprint density at radius 1 is 0.661 bits per heavy atom. The zero-order chi connectivity index (χ0) is 40.0. The minimum atomic E-state index is -0.677. The van der Waals surface area contributed by atoms with E-state index in [-0.39, 0.29) is 49.2 Å². The normalized spacial score (nSPS) is 28.5. The minimum absolute atomic E-state index is 0.00131. The molecule has 8 rings (SSSR count). The lowest BCUT2D eigenvalue weighted by molar-refractivity contribution is -0.150. The van der Waals surface area contributed by atoms with Gasteiger partial charge in [-0.2, -0.15) is 0 Å². The third-order valence-corrected chi connectivity index (χ3v) is 12.7. The summed E-state index contributed by atoms with van der Waals surface area (Å²) < 4.78 is 13.4. The molecule has 2 saturated heterocycles. The topological polar surface area (TPSA) is 178 Å². The molecule has 4 aliphatic heterocycles. The van der Waals surface area contributed by atoms with Gasteiger partial charge in [-0.25, -0.2) is 0 Å². The summed E-state index contributed by atoms with van der Waals surface area (Å²) in [5, 5.41) is 20.1. The van der Waals surface area contributed by atoms with Crippen LogP contribution in [0.15, 0.2) is 46.0 Å². The van der Waals surface area contributed by atoms with Gasteiger partial charge in [-0.3, -0.25) is 28.8 Å². The summed E-state index contributed by atoms with van der Waals surface area (Å²) in [6.45, 7) is 3.79. The zero-order valence-corrected chi connectivity index (χ0v) is 32.4. The first-order chi connectivity index (χ1) is 27.0. The van der Waals surface area contributed by atoms with Gasteiger partial charge < -0.3 is 38.6 Å². The molecule has 4 bridgehead atoms. The number of rotatable bonds is 10. The molecule has 2 aromatic heterocycles. The van der Waals surface area contributed by atoms with Crippen molar-refractivity contribution in [2.24, 2.45) is 35.5 Å². The van der Waals surface area contributed by atoms with Crippen LogP contribution in [0.3, 0.4) is 0 Å². The molecule has 2 amide bonds. The fourth-order valence-electron chi connectivity index (χ4n) is 9.70. The van der Waals surface area contributed by atoms with E-state index in [1.54, 1.807) is 55.4 Å². The Morgan fingerprint density at radius 2 is 1.04 bits per heavy atom. The number of hydrogen-bond acceptors (Lipinski definition) is 10. The van der Waals surface area contributed by atoms with Crippen molar-refractivity contribution in [3.8, 4) is 0 Å². The molecule has 6 aliphatic rings. The van der Waals surface area contributed by atoms with Crippen LogP contribution in [0.2, 0.25) is 0 Å². The average molecular weight is 773 g/mol. The second kappa shape index (κ2) is 16.0. The van der Waals surface area contributed by atoms with E-state index in [4.69, 9.17) is 9.47 Å². The fraction of sp³-hybridized carbons (Fsp3) is 0.571. The van der Waals surface area contributed by atoms with Gasteiger partial charge >= 0.3 is 11.9 Å². The van der Waals surface area contributed by atoms with Gasteiger partial charge in [0.1, 0.15) is 0 Å². The highest BCUT2D eigenvalue weighted by Crippen LogP contribution is 2.51. The first-order valence-corrected chi connectivity index (χ1v) is 19.8. The van der Waals surface area contributed by atoms with Gasteiger partial charge in [-0.1, -0.05) is 24.3 Å². The van der Waals surface area contributed by atoms with Gasteiger partial charge in [-0.05, 0) is 75.6 Å². The molecule has 14 nitrogen and oxygen atoms in total. The maximum atomic E-state index is 13.1. The van der Waals surface area contributed by atoms with Crippen LogP contribution in [0.5, 0.6) is 0 Å². The second-order valence-corrected chi connectivity index (χ2v) is 16.0. The Bertz CT molecular complexity index is 1920. The van der Waals surface area contributed by atoms with Crippen LogP contribution < -0.4 is 11.1 Å². The van der Waals surface area contributed by atoms with Crippen molar-refractivity contribution < 1.29 is 38.9 Å². The van der Waals surface area contributed by atoms with Crippen LogP contribution in [-0.2, 0) is 41.7 Å². The molecule has 56 heavy (non-hydrogen) atoms. The Kier molecular flexibility index (Phi) is 11.2. The SMILES string of the molecule is C/C=C/c1ccc2n(c1=O)C[C@@H]1[C@@H](CO)[C@H](C(=O)OC)[C@H]2N1C(=O)CC1CC1.C/C=C\c1ccc2n(c1=O)C[C@@H]1[C@@H](CO)[C@H](C(=O)OC)[C@H]2N1C(=O)CC1CC1. The maximum Gasteiger partial charge on any atom is 0.311 e. The highest BCUT2D eigenvalue weighted by Gasteiger charge is 2.59. The molecule has 0 spiro atoms. The molecule has 6 heterocycles. The third kappa shape index (κ3) is 6.84. The molecule has 8 atom stereocenters. The van der Waals surface area contributed by atoms with Crippen LogP contribution in [-0.4, -0.2) is 92.4 Å². The predicted octanol–water partition coefficient (Wildman–Crippen LogP) is 2.69. The summed E-state index contributed by atoms with van der Waals surface area (Å²) in [6, 6.07) is 5.17. The van der Waals surface area contributed by atoms with Crippen LogP contribution in [0.25, 0.3) is 12.2 Å². The summed E-state index contributed by atoms with van der Waals surface area (Å²) in [4.78, 5) is 80.8. The molecule has 0 unspecified atom stereocenters. The number of methoxy groups -OCH3 is 2. The van der Waals surface area contributed by atoms with Crippen molar-refractivity contribution in [3.05, 3.63) is 79.6 Å². The zero-order valence-electron chi connectivity index (χ0n) is 32.4. The van der Waals surface area contributed by atoms with Gasteiger partial charge in [0.15, 0.2) is 0 Å². The van der Waals surface area contributed by atoms with E-state index in [2.05, 4.69) is 0 Å². The largest absolute Gasteiger partial charge is 0.469 e. The Morgan fingerprint density at radius 3 is 1.34 bits per heavy atom. The van der Waals surface area contributed by atoms with E-state index in [1.165, 1.54) is 14.2 Å². The first-order valence-electron chi connectivity index (χ1n) is 19.8. The van der Waals surface area contributed by atoms with Crippen molar-refractivity contribution in [1.82, 2.24) is 18.9 Å². The van der Waals surface area contributed by atoms with Gasteiger partial charge in [0, 0.05) is 73.5 Å². The summed E-state index contributed by atoms with van der Waals surface area (Å²) in [5.74, 6) is -2.34. The number of esters is 2. The minimum Gasteiger partial charge on any atom is -0.469 e. The van der Waals surface area contributed by atoms with E-state index in [9.17, 15) is 39.0 Å². The molecule has 14 heteroatoms. The highest BCUT2D eigenvalue weighted by molar-refractivity contribution is 5.83. The van der Waals surface area contributed by atoms with Crippen molar-refractivity contribution >= 4 is 35.9 Å². The standard InChI is InChI=1S/2C21H26N2O5/c2*1-3-4-13-7-8-15-19-18(21(27)28-2)14(11-24)16(10-22(15)20(13)26)23(19)17(25)9-12-5-6-12/h2*3-4,7-8,12,14,16,18-19,24H,5-6,9-11H2,1-2H3/b4-3+;4-3-/t2*14-,16-,18+,19+/m11/s1. The van der Waals surface area contributed by atoms with Crippen LogP contribution >= 0.6 is 0 Å². The maximum absolute atomic E-state index is 13.1. The third-order valence-electron chi connectivity index (χ3n) is 12.7. The highest BCUT2D eigenvalue weighted by atomic mass is 16.5. The number of aromatic nitrogens is 2. The number of aliphatic hydroxyl groups is 2. The summed E-state index contributed by atoms with van der Waals surface area (Å²) in [7, 11) is 2.63. The summed E-state index contributed by atoms with van der Waals surface area (Å²) in [5.41, 5.74) is 2.15. The number of aliphatic hydroxyl groups excluding tert-OH is 2. The van der Waals surface area contributed by atoms with Crippen molar-refractivity contribution in [2.75, 3.05) is 27.4 Å². The lowest BCUT2D eigenvalue weighted by Crippen LogP contribution is -2.49. The van der Waals surface area contributed by atoms with Crippen LogP contribution in [0, 0.1) is 35.5 Å². The van der Waals surface area contributed by atoms with Gasteiger partial charge in [0.25, 0.3) is 11.1 Å². The number of allylic oxidation sites excluding steroid dienone is 2. The quantitative estimate of drug-likeness (QED) is 0.342. The molecule has 4 fully saturated rings. The smallest absolute Gasteiger partial charge is 0.311 e. The predicted molar refractivity (Wildman–Crippen MR) is 204 cm³/mol. The summed E-state index contributed by atoms with van der Waals surface area (Å²) in [6.07, 6.45) is 12.3. The molecule has 2 aliphatic carbocycles. The monoisotopic (exact) mass is 772 g/mol. The van der Waals surface area contributed by atoms with Crippen molar-refractivity contribution in [1.29, 1.82) is 0 Å². The van der Waals surface area contributed by atoms with Gasteiger partial charge in [0.2, 0.25) is 11.8 Å². The number of ether oxygens (including phenoxy) is 2. The molecule has 0 aromatic carbocycles. The van der Waals surface area contributed by atoms with Gasteiger partial charge in [0.05, 0.1) is 50.2 Å². The van der Waals surface area contributed by atoms with E-state index in [1.807, 2.05) is 26.0 Å². The van der Waals surface area contributed by atoms with E-state index in [0.717, 1.165) is 25.7 Å².